The van der Waals surface area contributed by atoms with Gasteiger partial charge in [-0.15, -0.1) is 0 Å². The minimum atomic E-state index is -0.125. The van der Waals surface area contributed by atoms with Crippen LogP contribution >= 0.6 is 0 Å². The smallest absolute Gasteiger partial charge is 0.137 e. The van der Waals surface area contributed by atoms with Gasteiger partial charge in [0, 0.05) is 55.5 Å². The zero-order valence-corrected chi connectivity index (χ0v) is 28.9. The molecule has 0 aliphatic heterocycles. The van der Waals surface area contributed by atoms with Gasteiger partial charge in [0.05, 0.1) is 0 Å². The van der Waals surface area contributed by atoms with Crippen LogP contribution in [0.3, 0.4) is 0 Å². The standard InChI is InChI=1S/C49H33NO2/c1-49(2)41-18-6-3-14-36(41)37-24-22-33(28-42(37)49)50(34-23-25-39-38-15-4-7-19-43(38)52-46(39)29-34)32-13-9-12-31(27-32)35-17-10-11-30-21-26-45-48(47(30)35)40-16-5-8-20-44(40)51-45/h3-29H,1-2H3. The first-order valence-electron chi connectivity index (χ1n) is 17.9. The molecule has 0 fully saturated rings. The fourth-order valence-corrected chi connectivity index (χ4v) is 8.78. The molecule has 0 N–H and O–H groups in total. The van der Waals surface area contributed by atoms with E-state index in [0.29, 0.717) is 0 Å². The van der Waals surface area contributed by atoms with Gasteiger partial charge in [0.2, 0.25) is 0 Å². The van der Waals surface area contributed by atoms with Gasteiger partial charge in [0.15, 0.2) is 0 Å². The van der Waals surface area contributed by atoms with E-state index in [-0.39, 0.29) is 5.41 Å². The summed E-state index contributed by atoms with van der Waals surface area (Å²) in [5.74, 6) is 0. The number of furan rings is 2. The predicted octanol–water partition coefficient (Wildman–Crippen LogP) is 14.1. The third kappa shape index (κ3) is 4.14. The molecule has 1 aliphatic rings. The van der Waals surface area contributed by atoms with Gasteiger partial charge in [0.1, 0.15) is 22.3 Å². The number of fused-ring (bicyclic) bond motifs is 11. The maximum absolute atomic E-state index is 6.44. The first-order chi connectivity index (χ1) is 25.5. The van der Waals surface area contributed by atoms with Crippen LogP contribution in [0.2, 0.25) is 0 Å². The average Bonchev–Trinajstić information content (AvgIpc) is 3.82. The second-order valence-corrected chi connectivity index (χ2v) is 14.5. The Morgan fingerprint density at radius 3 is 1.96 bits per heavy atom. The van der Waals surface area contributed by atoms with E-state index >= 15 is 0 Å². The van der Waals surface area contributed by atoms with E-state index in [9.17, 15) is 0 Å². The first-order valence-corrected chi connectivity index (χ1v) is 17.9. The Kier molecular flexibility index (Phi) is 6.01. The van der Waals surface area contributed by atoms with Gasteiger partial charge < -0.3 is 13.7 Å². The summed E-state index contributed by atoms with van der Waals surface area (Å²) >= 11 is 0. The zero-order valence-electron chi connectivity index (χ0n) is 28.9. The van der Waals surface area contributed by atoms with Gasteiger partial charge in [-0.25, -0.2) is 0 Å². The largest absolute Gasteiger partial charge is 0.456 e. The van der Waals surface area contributed by atoms with Gasteiger partial charge >= 0.3 is 0 Å². The second kappa shape index (κ2) is 10.7. The van der Waals surface area contributed by atoms with Gasteiger partial charge in [-0.05, 0) is 93.4 Å². The Hall–Kier alpha value is -6.58. The van der Waals surface area contributed by atoms with E-state index < -0.39 is 0 Å². The molecule has 0 bridgehead atoms. The van der Waals surface area contributed by atoms with Crippen LogP contribution in [-0.4, -0.2) is 0 Å². The average molecular weight is 668 g/mol. The summed E-state index contributed by atoms with van der Waals surface area (Å²) in [7, 11) is 0. The first kappa shape index (κ1) is 29.2. The number of nitrogens with zero attached hydrogens (tertiary/aromatic N) is 1. The molecule has 0 radical (unpaired) electrons. The van der Waals surface area contributed by atoms with Crippen molar-refractivity contribution in [1.29, 1.82) is 0 Å². The molecule has 0 unspecified atom stereocenters. The number of rotatable bonds is 4. The van der Waals surface area contributed by atoms with Crippen LogP contribution < -0.4 is 4.90 Å². The second-order valence-electron chi connectivity index (χ2n) is 14.5. The number of anilines is 3. The van der Waals surface area contributed by atoms with Gasteiger partial charge in [-0.3, -0.25) is 0 Å². The molecule has 52 heavy (non-hydrogen) atoms. The van der Waals surface area contributed by atoms with Gasteiger partial charge in [-0.1, -0.05) is 117 Å². The molecule has 2 aromatic heterocycles. The third-order valence-corrected chi connectivity index (χ3v) is 11.2. The van der Waals surface area contributed by atoms with Crippen molar-refractivity contribution in [2.45, 2.75) is 19.3 Å². The normalized spacial score (nSPS) is 13.3. The molecule has 10 aromatic rings. The van der Waals surface area contributed by atoms with Crippen LogP contribution in [0.4, 0.5) is 17.1 Å². The summed E-state index contributed by atoms with van der Waals surface area (Å²) in [4.78, 5) is 2.38. The number of para-hydroxylation sites is 2. The van der Waals surface area contributed by atoms with Crippen molar-refractivity contribution < 1.29 is 8.83 Å². The highest BCUT2D eigenvalue weighted by atomic mass is 16.3. The Bertz CT molecular complexity index is 3070. The molecule has 11 rings (SSSR count). The molecule has 0 spiro atoms. The van der Waals surface area contributed by atoms with Crippen LogP contribution in [0.15, 0.2) is 173 Å². The monoisotopic (exact) mass is 667 g/mol. The van der Waals surface area contributed by atoms with Crippen LogP contribution in [-0.2, 0) is 5.41 Å². The lowest BCUT2D eigenvalue weighted by Crippen LogP contribution is -2.16. The highest BCUT2D eigenvalue weighted by Gasteiger charge is 2.35. The Balaban J connectivity index is 1.14. The summed E-state index contributed by atoms with van der Waals surface area (Å²) in [5, 5.41) is 6.93. The van der Waals surface area contributed by atoms with E-state index in [2.05, 4.69) is 164 Å². The maximum Gasteiger partial charge on any atom is 0.137 e. The molecule has 1 aliphatic carbocycles. The highest BCUT2D eigenvalue weighted by Crippen LogP contribution is 2.51. The van der Waals surface area contributed by atoms with Gasteiger partial charge in [-0.2, -0.15) is 0 Å². The van der Waals surface area contributed by atoms with Crippen LogP contribution in [0.5, 0.6) is 0 Å². The van der Waals surface area contributed by atoms with E-state index in [0.717, 1.165) is 66.5 Å². The molecule has 3 nitrogen and oxygen atoms in total. The van der Waals surface area contributed by atoms with E-state index in [1.54, 1.807) is 0 Å². The minimum Gasteiger partial charge on any atom is -0.456 e. The summed E-state index contributed by atoms with van der Waals surface area (Å²) in [5.41, 5.74) is 14.3. The van der Waals surface area contributed by atoms with E-state index in [1.165, 1.54) is 38.6 Å². The molecule has 0 atom stereocenters. The molecule has 0 saturated heterocycles. The summed E-state index contributed by atoms with van der Waals surface area (Å²) in [6, 6.07) is 58.8. The quantitative estimate of drug-likeness (QED) is 0.187. The lowest BCUT2D eigenvalue weighted by Gasteiger charge is -2.28. The van der Waals surface area contributed by atoms with Crippen LogP contribution in [0, 0.1) is 0 Å². The zero-order chi connectivity index (χ0) is 34.6. The lowest BCUT2D eigenvalue weighted by molar-refractivity contribution is 0.660. The fourth-order valence-electron chi connectivity index (χ4n) is 8.78. The van der Waals surface area contributed by atoms with Crippen LogP contribution in [0.1, 0.15) is 25.0 Å². The van der Waals surface area contributed by atoms with Gasteiger partial charge in [0.25, 0.3) is 0 Å². The van der Waals surface area contributed by atoms with E-state index in [4.69, 9.17) is 8.83 Å². The van der Waals surface area contributed by atoms with E-state index in [1.807, 2.05) is 18.2 Å². The Labute approximate surface area is 301 Å². The van der Waals surface area contributed by atoms with Crippen molar-refractivity contribution in [1.82, 2.24) is 0 Å². The van der Waals surface area contributed by atoms with Crippen molar-refractivity contribution in [3.63, 3.8) is 0 Å². The van der Waals surface area contributed by atoms with Crippen molar-refractivity contribution in [2.24, 2.45) is 0 Å². The molecule has 246 valence electrons. The molecule has 3 heteroatoms. The molecule has 0 amide bonds. The topological polar surface area (TPSA) is 29.5 Å². The predicted molar refractivity (Wildman–Crippen MR) is 216 cm³/mol. The molecule has 0 saturated carbocycles. The number of benzene rings is 8. The van der Waals surface area contributed by atoms with Crippen molar-refractivity contribution in [2.75, 3.05) is 4.90 Å². The number of hydrogen-bond acceptors (Lipinski definition) is 3. The van der Waals surface area contributed by atoms with Crippen molar-refractivity contribution >= 4 is 71.7 Å². The summed E-state index contributed by atoms with van der Waals surface area (Å²) in [6.07, 6.45) is 0. The molecular formula is C49H33NO2. The van der Waals surface area contributed by atoms with Crippen molar-refractivity contribution in [3.8, 4) is 22.3 Å². The third-order valence-electron chi connectivity index (χ3n) is 11.2. The Morgan fingerprint density at radius 1 is 0.404 bits per heavy atom. The molecular weight excluding hydrogens is 635 g/mol. The number of hydrogen-bond donors (Lipinski definition) is 0. The molecule has 8 aromatic carbocycles. The highest BCUT2D eigenvalue weighted by molar-refractivity contribution is 6.23. The minimum absolute atomic E-state index is 0.125. The SMILES string of the molecule is CC1(C)c2ccccc2-c2ccc(N(c3cccc(-c4cccc5ccc6oc7ccccc7c6c45)c3)c3ccc4c(c3)oc3ccccc34)cc21. The lowest BCUT2D eigenvalue weighted by atomic mass is 9.82. The van der Waals surface area contributed by atoms with Crippen LogP contribution in [0.25, 0.3) is 76.9 Å². The molecule has 2 heterocycles. The maximum atomic E-state index is 6.44. The fraction of sp³-hybridized carbons (Fsp3) is 0.0612. The Morgan fingerprint density at radius 2 is 1.06 bits per heavy atom. The van der Waals surface area contributed by atoms with Crippen molar-refractivity contribution in [3.05, 3.63) is 175 Å². The summed E-state index contributed by atoms with van der Waals surface area (Å²) in [6.45, 7) is 4.68. The summed E-state index contributed by atoms with van der Waals surface area (Å²) < 4.78 is 12.8.